The van der Waals surface area contributed by atoms with Crippen molar-refractivity contribution in [2.24, 2.45) is 11.8 Å². The molecule has 1 unspecified atom stereocenters. The van der Waals surface area contributed by atoms with Crippen molar-refractivity contribution in [3.8, 4) is 11.5 Å². The Morgan fingerprint density at radius 1 is 0.926 bits per heavy atom. The van der Waals surface area contributed by atoms with Crippen LogP contribution < -0.4 is 19.5 Å². The lowest BCUT2D eigenvalue weighted by Gasteiger charge is -2.44. The number of carboxylic acid groups (broad SMARTS) is 1. The van der Waals surface area contributed by atoms with Crippen molar-refractivity contribution >= 4 is 40.8 Å². The fourth-order valence-electron chi connectivity index (χ4n) is 7.37. The zero-order valence-electron chi connectivity index (χ0n) is 29.2. The zero-order chi connectivity index (χ0) is 37.9. The van der Waals surface area contributed by atoms with Crippen LogP contribution in [0.4, 0.5) is 14.5 Å². The number of halogens is 4. The van der Waals surface area contributed by atoms with Gasteiger partial charge in [-0.1, -0.05) is 59.6 Å². The molecule has 1 saturated carbocycles. The summed E-state index contributed by atoms with van der Waals surface area (Å²) >= 11 is 13.2. The van der Waals surface area contributed by atoms with Crippen molar-refractivity contribution in [2.75, 3.05) is 31.6 Å². The maximum absolute atomic E-state index is 14.0. The molecule has 3 atom stereocenters. The molecular weight excluding hydrogens is 743 g/mol. The summed E-state index contributed by atoms with van der Waals surface area (Å²) in [6, 6.07) is 17.4. The Labute approximate surface area is 321 Å². The van der Waals surface area contributed by atoms with Gasteiger partial charge >= 0.3 is 18.6 Å². The van der Waals surface area contributed by atoms with Crippen molar-refractivity contribution in [2.45, 2.75) is 56.8 Å². The Balaban J connectivity index is 1.29. The molecule has 10 nitrogen and oxygen atoms in total. The molecule has 3 N–H and O–H groups in total. The number of anilines is 1. The first-order valence-electron chi connectivity index (χ1n) is 17.9. The highest BCUT2D eigenvalue weighted by Crippen LogP contribution is 2.41. The molecule has 0 radical (unpaired) electrons. The average Bonchev–Trinajstić information content (AvgIpc) is 3.98. The number of aromatic nitrogens is 1. The Kier molecular flexibility index (Phi) is 11.4. The van der Waals surface area contributed by atoms with Gasteiger partial charge in [-0.15, -0.1) is 0 Å². The molecule has 4 heterocycles. The van der Waals surface area contributed by atoms with Gasteiger partial charge < -0.3 is 24.6 Å². The number of benzene rings is 3. The molecule has 8 rings (SSSR count). The third kappa shape index (κ3) is 8.83. The molecular formula is C40H40Cl2F2N3O7+. The predicted octanol–water partition coefficient (Wildman–Crippen LogP) is 7.77. The number of esters is 1. The van der Waals surface area contributed by atoms with Gasteiger partial charge in [0.15, 0.2) is 17.5 Å². The van der Waals surface area contributed by atoms with Crippen molar-refractivity contribution in [1.29, 1.82) is 0 Å². The number of nitrogens with zero attached hydrogens (tertiary/aromatic N) is 2. The fraction of sp³-hybridized carbons (Fsp3) is 0.375. The number of pyridine rings is 1. The second-order valence-corrected chi connectivity index (χ2v) is 14.9. The van der Waals surface area contributed by atoms with Crippen LogP contribution in [-0.4, -0.2) is 66.1 Å². The maximum atomic E-state index is 14.0. The number of carbonyl (C=O) groups is 2. The molecule has 3 aliphatic heterocycles. The molecule has 4 aliphatic rings. The number of carboxylic acids is 1. The molecule has 2 bridgehead atoms. The van der Waals surface area contributed by atoms with Gasteiger partial charge in [0.2, 0.25) is 12.4 Å². The number of hydrogen-bond acceptors (Lipinski definition) is 8. The highest BCUT2D eigenvalue weighted by Gasteiger charge is 2.38. The third-order valence-corrected chi connectivity index (χ3v) is 11.1. The highest BCUT2D eigenvalue weighted by atomic mass is 35.5. The minimum Gasteiger partial charge on any atom is -0.489 e. The fourth-order valence-corrected chi connectivity index (χ4v) is 7.98. The summed E-state index contributed by atoms with van der Waals surface area (Å²) in [5, 5.41) is 24.1. The predicted molar refractivity (Wildman–Crippen MR) is 196 cm³/mol. The number of hydrogen-bond donors (Lipinski definition) is 3. The Morgan fingerprint density at radius 3 is 2.28 bits per heavy atom. The second kappa shape index (κ2) is 16.4. The van der Waals surface area contributed by atoms with Gasteiger partial charge in [0, 0.05) is 28.4 Å². The number of alkyl halides is 2. The third-order valence-electron chi connectivity index (χ3n) is 10.4. The van der Waals surface area contributed by atoms with E-state index < -0.39 is 30.5 Å². The average molecular weight is 784 g/mol. The SMILES string of the molecule is O=C(O)c1ccc(NC(C(=O)O[C@H]2CN3CCC2CC3)c2ccccc2)cc1[C@@H](Cc1c(Cl)c[n+](O)cc1Cl)c1ccc(OC(F)F)c(OCC2CC2)c1. The summed E-state index contributed by atoms with van der Waals surface area (Å²) in [6.45, 7) is -0.121. The van der Waals surface area contributed by atoms with Gasteiger partial charge in [-0.05, 0) is 104 Å². The van der Waals surface area contributed by atoms with Crippen LogP contribution in [-0.2, 0) is 16.0 Å². The summed E-state index contributed by atoms with van der Waals surface area (Å²) in [5.41, 5.74) is 2.26. The summed E-state index contributed by atoms with van der Waals surface area (Å²) in [4.78, 5) is 29.1. The van der Waals surface area contributed by atoms with Gasteiger partial charge in [0.1, 0.15) is 16.1 Å². The van der Waals surface area contributed by atoms with Gasteiger partial charge in [-0.2, -0.15) is 8.78 Å². The topological polar surface area (TPSA) is 121 Å². The van der Waals surface area contributed by atoms with Crippen molar-refractivity contribution in [1.82, 2.24) is 4.90 Å². The number of fused-ring (bicyclic) bond motifs is 3. The smallest absolute Gasteiger partial charge is 0.387 e. The van der Waals surface area contributed by atoms with E-state index in [1.165, 1.54) is 24.5 Å². The van der Waals surface area contributed by atoms with E-state index in [0.29, 0.717) is 52.9 Å². The van der Waals surface area contributed by atoms with Crippen LogP contribution in [0.1, 0.15) is 70.3 Å². The van der Waals surface area contributed by atoms with Crippen LogP contribution in [0.5, 0.6) is 11.5 Å². The molecule has 0 amide bonds. The number of carbonyl (C=O) groups excluding carboxylic acids is 1. The quantitative estimate of drug-likeness (QED) is 0.0631. The van der Waals surface area contributed by atoms with E-state index in [1.54, 1.807) is 24.3 Å². The van der Waals surface area contributed by atoms with E-state index in [0.717, 1.165) is 43.5 Å². The summed E-state index contributed by atoms with van der Waals surface area (Å²) in [6.07, 6.45) is 6.18. The zero-order valence-corrected chi connectivity index (χ0v) is 30.7. The van der Waals surface area contributed by atoms with Crippen molar-refractivity contribution < 1.29 is 47.6 Å². The standard InChI is InChI=1S/C40H39Cl2F2N3O7/c41-32-19-47(51)20-33(42)31(32)18-29(26-8-11-34(54-40(43)44)35(16-26)52-22-23-6-7-23)30-17-27(9-10-28(30)38(48)49)45-37(25-4-2-1-3-5-25)39(50)53-36-21-46-14-12-24(36)13-15-46/h1-5,8-11,16-17,19-20,23-24,29,36-37,40,45H,6-7,12-15,18,21-22H2,(H-,48,49,51)/p+1/t29-,36-,37?/m0/s1. The second-order valence-electron chi connectivity index (χ2n) is 14.1. The van der Waals surface area contributed by atoms with E-state index >= 15 is 0 Å². The van der Waals surface area contributed by atoms with E-state index in [-0.39, 0.29) is 39.6 Å². The van der Waals surface area contributed by atoms with Crippen LogP contribution >= 0.6 is 23.2 Å². The molecule has 1 aliphatic carbocycles. The Bertz CT molecular complexity index is 1970. The van der Waals surface area contributed by atoms with Crippen LogP contribution in [0.3, 0.4) is 0 Å². The minimum atomic E-state index is -3.10. The monoisotopic (exact) mass is 782 g/mol. The molecule has 3 saturated heterocycles. The van der Waals surface area contributed by atoms with E-state index in [2.05, 4.69) is 10.2 Å². The van der Waals surface area contributed by atoms with Crippen LogP contribution in [0.25, 0.3) is 0 Å². The minimum absolute atomic E-state index is 0.0308. The van der Waals surface area contributed by atoms with Crippen molar-refractivity contribution in [3.05, 3.63) is 117 Å². The number of ether oxygens (including phenoxy) is 3. The largest absolute Gasteiger partial charge is 0.489 e. The first kappa shape index (κ1) is 37.7. The lowest BCUT2D eigenvalue weighted by atomic mass is 9.83. The molecule has 54 heavy (non-hydrogen) atoms. The molecule has 14 heteroatoms. The summed E-state index contributed by atoms with van der Waals surface area (Å²) in [5.74, 6) is -1.96. The molecule has 3 aromatic carbocycles. The Morgan fingerprint density at radius 2 is 1.65 bits per heavy atom. The van der Waals surface area contributed by atoms with Crippen LogP contribution in [0, 0.1) is 11.8 Å². The summed E-state index contributed by atoms with van der Waals surface area (Å²) < 4.78 is 44.5. The van der Waals surface area contributed by atoms with Crippen molar-refractivity contribution in [3.63, 3.8) is 0 Å². The van der Waals surface area contributed by atoms with Gasteiger partial charge in [-0.3, -0.25) is 10.1 Å². The number of aromatic carboxylic acids is 1. The molecule has 0 spiro atoms. The summed E-state index contributed by atoms with van der Waals surface area (Å²) in [7, 11) is 0. The first-order valence-corrected chi connectivity index (χ1v) is 18.7. The number of piperidine rings is 3. The Hall–Kier alpha value is -4.65. The maximum Gasteiger partial charge on any atom is 0.387 e. The number of nitrogens with one attached hydrogen (secondary N) is 1. The normalized spacial score (nSPS) is 20.3. The lowest BCUT2D eigenvalue weighted by molar-refractivity contribution is -0.904. The lowest BCUT2D eigenvalue weighted by Crippen LogP contribution is -2.52. The highest BCUT2D eigenvalue weighted by molar-refractivity contribution is 6.35. The number of rotatable bonds is 15. The molecule has 4 fully saturated rings. The van der Waals surface area contributed by atoms with Gasteiger partial charge in [-0.25, -0.2) is 9.59 Å². The van der Waals surface area contributed by atoms with Gasteiger partial charge in [0.05, 0.1) is 12.2 Å². The molecule has 4 aromatic rings. The van der Waals surface area contributed by atoms with E-state index in [9.17, 15) is 28.7 Å². The molecule has 1 aromatic heterocycles. The first-order chi connectivity index (χ1) is 26.0. The van der Waals surface area contributed by atoms with Crippen LogP contribution in [0.2, 0.25) is 10.0 Å². The van der Waals surface area contributed by atoms with Crippen LogP contribution in [0.15, 0.2) is 79.1 Å². The van der Waals surface area contributed by atoms with Gasteiger partial charge in [0.25, 0.3) is 0 Å². The van der Waals surface area contributed by atoms with E-state index in [4.69, 9.17) is 37.4 Å². The van der Waals surface area contributed by atoms with E-state index in [1.807, 2.05) is 30.3 Å². The molecule has 284 valence electrons.